The molecule has 1 unspecified atom stereocenters. The minimum absolute atomic E-state index is 0. The topological polar surface area (TPSA) is 41.1 Å². The van der Waals surface area contributed by atoms with Gasteiger partial charge in [-0.2, -0.15) is 8.78 Å². The van der Waals surface area contributed by atoms with E-state index in [9.17, 15) is 13.6 Å². The number of halogens is 3. The third kappa shape index (κ3) is 5.26. The van der Waals surface area contributed by atoms with Crippen molar-refractivity contribution in [3.05, 3.63) is 24.3 Å². The molecule has 2 N–H and O–H groups in total. The number of carbonyl (C=O) groups is 1. The van der Waals surface area contributed by atoms with E-state index in [2.05, 4.69) is 10.6 Å². The van der Waals surface area contributed by atoms with Crippen LogP contribution in [-0.2, 0) is 4.79 Å². The van der Waals surface area contributed by atoms with Crippen LogP contribution >= 0.6 is 24.2 Å². The molecule has 7 heteroatoms. The van der Waals surface area contributed by atoms with E-state index in [0.717, 1.165) is 25.8 Å². The van der Waals surface area contributed by atoms with Gasteiger partial charge in [0.05, 0.1) is 6.04 Å². The Kier molecular flexibility index (Phi) is 7.26. The Morgan fingerprint density at radius 1 is 1.30 bits per heavy atom. The van der Waals surface area contributed by atoms with Gasteiger partial charge in [0.25, 0.3) is 5.76 Å². The maximum Gasteiger partial charge on any atom is 0.288 e. The molecule has 1 heterocycles. The van der Waals surface area contributed by atoms with Crippen molar-refractivity contribution in [2.45, 2.75) is 36.0 Å². The molecule has 1 fully saturated rings. The molecule has 0 bridgehead atoms. The molecule has 0 saturated carbocycles. The summed E-state index contributed by atoms with van der Waals surface area (Å²) in [4.78, 5) is 12.4. The van der Waals surface area contributed by atoms with Crippen molar-refractivity contribution >= 4 is 35.8 Å². The van der Waals surface area contributed by atoms with Gasteiger partial charge in [-0.1, -0.05) is 18.2 Å². The molecule has 3 nitrogen and oxygen atoms in total. The molecule has 1 amide bonds. The summed E-state index contributed by atoms with van der Waals surface area (Å²) < 4.78 is 24.3. The average molecular weight is 323 g/mol. The number of hydrogen-bond donors (Lipinski definition) is 2. The molecule has 0 aromatic heterocycles. The van der Waals surface area contributed by atoms with E-state index in [1.54, 1.807) is 24.3 Å². The van der Waals surface area contributed by atoms with Gasteiger partial charge in [0.1, 0.15) is 0 Å². The van der Waals surface area contributed by atoms with Crippen LogP contribution in [0.5, 0.6) is 0 Å². The second-order valence-corrected chi connectivity index (χ2v) is 5.46. The number of piperidine rings is 1. The summed E-state index contributed by atoms with van der Waals surface area (Å²) in [6, 6.07) is 6.31. The van der Waals surface area contributed by atoms with E-state index in [1.807, 2.05) is 0 Å². The van der Waals surface area contributed by atoms with E-state index in [1.165, 1.54) is 0 Å². The number of thioether (sulfide) groups is 1. The van der Waals surface area contributed by atoms with Gasteiger partial charge in [-0.25, -0.2) is 0 Å². The summed E-state index contributed by atoms with van der Waals surface area (Å²) in [5.74, 6) is -2.49. The molecule has 1 aliphatic heterocycles. The lowest BCUT2D eigenvalue weighted by atomic mass is 10.0. The molecular weight excluding hydrogens is 306 g/mol. The number of amides is 1. The van der Waals surface area contributed by atoms with E-state index in [4.69, 9.17) is 0 Å². The number of benzene rings is 1. The number of carbonyl (C=O) groups excluding carboxylic acids is 1. The lowest BCUT2D eigenvalue weighted by Crippen LogP contribution is -2.43. The standard InChI is InChI=1S/C13H16F2N2OS.ClH/c14-13(15)19-10-6-4-9(5-7-10)17-12(18)11-3-1-2-8-16-11;/h4-7,11,13,16H,1-3,8H2,(H,17,18);1H. The Labute approximate surface area is 127 Å². The zero-order valence-electron chi connectivity index (χ0n) is 10.8. The Morgan fingerprint density at radius 3 is 2.55 bits per heavy atom. The van der Waals surface area contributed by atoms with Crippen molar-refractivity contribution in [1.82, 2.24) is 5.32 Å². The summed E-state index contributed by atoms with van der Waals surface area (Å²) in [5, 5.41) is 5.96. The van der Waals surface area contributed by atoms with Crippen LogP contribution in [0.2, 0.25) is 0 Å². The summed E-state index contributed by atoms with van der Waals surface area (Å²) in [7, 11) is 0. The van der Waals surface area contributed by atoms with Gasteiger partial charge in [-0.05, 0) is 43.7 Å². The number of hydrogen-bond acceptors (Lipinski definition) is 3. The van der Waals surface area contributed by atoms with Crippen LogP contribution in [0.15, 0.2) is 29.2 Å². The minimum atomic E-state index is -2.42. The van der Waals surface area contributed by atoms with Crippen molar-refractivity contribution in [2.75, 3.05) is 11.9 Å². The Balaban J connectivity index is 0.00000200. The maximum atomic E-state index is 12.2. The first-order chi connectivity index (χ1) is 9.15. The average Bonchev–Trinajstić information content (AvgIpc) is 2.41. The van der Waals surface area contributed by atoms with Crippen molar-refractivity contribution in [2.24, 2.45) is 0 Å². The highest BCUT2D eigenvalue weighted by atomic mass is 35.5. The second-order valence-electron chi connectivity index (χ2n) is 4.39. The molecule has 2 rings (SSSR count). The molecule has 1 atom stereocenters. The van der Waals surface area contributed by atoms with Gasteiger partial charge in [0.15, 0.2) is 0 Å². The quantitative estimate of drug-likeness (QED) is 0.834. The summed E-state index contributed by atoms with van der Waals surface area (Å²) in [6.45, 7) is 0.863. The SMILES string of the molecule is Cl.O=C(Nc1ccc(SC(F)F)cc1)C1CCCCN1. The molecule has 1 aliphatic rings. The molecule has 0 aliphatic carbocycles. The van der Waals surface area contributed by atoms with Gasteiger partial charge in [-0.15, -0.1) is 12.4 Å². The maximum absolute atomic E-state index is 12.2. The lowest BCUT2D eigenvalue weighted by Gasteiger charge is -2.22. The predicted molar refractivity (Wildman–Crippen MR) is 79.8 cm³/mol. The van der Waals surface area contributed by atoms with Crippen molar-refractivity contribution in [3.63, 3.8) is 0 Å². The molecule has 112 valence electrons. The first kappa shape index (κ1) is 17.2. The van der Waals surface area contributed by atoms with Crippen LogP contribution in [0, 0.1) is 0 Å². The summed E-state index contributed by atoms with van der Waals surface area (Å²) in [6.07, 6.45) is 2.99. The monoisotopic (exact) mass is 322 g/mol. The van der Waals surface area contributed by atoms with Gasteiger partial charge < -0.3 is 10.6 Å². The van der Waals surface area contributed by atoms with E-state index in [-0.39, 0.29) is 24.4 Å². The highest BCUT2D eigenvalue weighted by molar-refractivity contribution is 7.99. The molecule has 1 aromatic carbocycles. The summed E-state index contributed by atoms with van der Waals surface area (Å²) >= 11 is 0.496. The fourth-order valence-corrected chi connectivity index (χ4v) is 2.52. The van der Waals surface area contributed by atoms with Gasteiger partial charge >= 0.3 is 0 Å². The second kappa shape index (κ2) is 8.44. The van der Waals surface area contributed by atoms with Crippen LogP contribution in [0.25, 0.3) is 0 Å². The third-order valence-electron chi connectivity index (χ3n) is 2.97. The van der Waals surface area contributed by atoms with Crippen molar-refractivity contribution in [3.8, 4) is 0 Å². The van der Waals surface area contributed by atoms with Crippen LogP contribution in [0.3, 0.4) is 0 Å². The zero-order valence-corrected chi connectivity index (χ0v) is 12.4. The molecular formula is C13H17ClF2N2OS. The number of anilines is 1. The van der Waals surface area contributed by atoms with Gasteiger partial charge in [-0.3, -0.25) is 4.79 Å². The molecule has 1 saturated heterocycles. The van der Waals surface area contributed by atoms with Crippen LogP contribution in [0.1, 0.15) is 19.3 Å². The Hall–Kier alpha value is -0.850. The molecule has 20 heavy (non-hydrogen) atoms. The van der Waals surface area contributed by atoms with Crippen LogP contribution in [-0.4, -0.2) is 24.3 Å². The normalized spacial score (nSPS) is 18.4. The van der Waals surface area contributed by atoms with Gasteiger partial charge in [0, 0.05) is 10.6 Å². The van der Waals surface area contributed by atoms with Gasteiger partial charge in [0.2, 0.25) is 5.91 Å². The lowest BCUT2D eigenvalue weighted by molar-refractivity contribution is -0.118. The smallest absolute Gasteiger partial charge is 0.288 e. The highest BCUT2D eigenvalue weighted by Gasteiger charge is 2.20. The van der Waals surface area contributed by atoms with Crippen molar-refractivity contribution in [1.29, 1.82) is 0 Å². The number of nitrogens with one attached hydrogen (secondary N) is 2. The van der Waals surface area contributed by atoms with E-state index in [0.29, 0.717) is 22.3 Å². The molecule has 1 aromatic rings. The predicted octanol–water partition coefficient (Wildman–Crippen LogP) is 3.50. The fourth-order valence-electron chi connectivity index (χ4n) is 2.02. The first-order valence-electron chi connectivity index (χ1n) is 6.24. The molecule has 0 spiro atoms. The van der Waals surface area contributed by atoms with E-state index < -0.39 is 5.76 Å². The number of rotatable bonds is 4. The zero-order chi connectivity index (χ0) is 13.7. The third-order valence-corrected chi connectivity index (χ3v) is 3.70. The van der Waals surface area contributed by atoms with E-state index >= 15 is 0 Å². The Bertz CT molecular complexity index is 425. The fraction of sp³-hybridized carbons (Fsp3) is 0.462. The minimum Gasteiger partial charge on any atom is -0.325 e. The van der Waals surface area contributed by atoms with Crippen LogP contribution < -0.4 is 10.6 Å². The highest BCUT2D eigenvalue weighted by Crippen LogP contribution is 2.26. The van der Waals surface area contributed by atoms with Crippen LogP contribution in [0.4, 0.5) is 14.5 Å². The largest absolute Gasteiger partial charge is 0.325 e. The molecule has 0 radical (unpaired) electrons. The van der Waals surface area contributed by atoms with Crippen molar-refractivity contribution < 1.29 is 13.6 Å². The Morgan fingerprint density at radius 2 is 2.00 bits per heavy atom. The number of alkyl halides is 2. The first-order valence-corrected chi connectivity index (χ1v) is 7.12. The summed E-state index contributed by atoms with van der Waals surface area (Å²) in [5.41, 5.74) is 0.635.